The number of sulfone groups is 1. The number of benzene rings is 1. The van der Waals surface area contributed by atoms with Crippen LogP contribution in [0.25, 0.3) is 0 Å². The summed E-state index contributed by atoms with van der Waals surface area (Å²) in [5, 5.41) is 13.1. The molecule has 3 aliphatic rings. The molecule has 4 unspecified atom stereocenters. The van der Waals surface area contributed by atoms with E-state index in [1.165, 1.54) is 6.20 Å². The molecule has 7 heteroatoms. The van der Waals surface area contributed by atoms with Crippen molar-refractivity contribution < 1.29 is 18.0 Å². The first-order chi connectivity index (χ1) is 11.7. The van der Waals surface area contributed by atoms with Crippen LogP contribution < -0.4 is 4.73 Å². The number of aromatic nitrogens is 1. The molecule has 6 nitrogen and oxygen atoms in total. The molecule has 2 aromatic rings. The van der Waals surface area contributed by atoms with Crippen LogP contribution in [-0.4, -0.2) is 24.3 Å². The largest absolute Gasteiger partial charge is 0.618 e. The van der Waals surface area contributed by atoms with Crippen molar-refractivity contribution in [3.8, 4) is 0 Å². The maximum atomic E-state index is 13.5. The monoisotopic (exact) mass is 358 g/mol. The summed E-state index contributed by atoms with van der Waals surface area (Å²) in [5.74, 6) is -0.249. The highest BCUT2D eigenvalue weighted by atomic mass is 32.2. The Bertz CT molecular complexity index is 1020. The lowest BCUT2D eigenvalue weighted by Crippen LogP contribution is -2.37. The SMILES string of the molecule is Cc1c2c(cc[n+]1[O-])C1C(C3(c4ccccc4)ON3C1(C)C)S2(=O)=O. The third-order valence-electron chi connectivity index (χ3n) is 5.92. The molecule has 25 heavy (non-hydrogen) atoms. The van der Waals surface area contributed by atoms with E-state index in [0.29, 0.717) is 4.73 Å². The molecule has 2 fully saturated rings. The molecule has 1 aromatic carbocycles. The quantitative estimate of drug-likeness (QED) is 0.441. The van der Waals surface area contributed by atoms with Crippen molar-refractivity contribution in [2.75, 3.05) is 0 Å². The predicted octanol–water partition coefficient (Wildman–Crippen LogP) is 1.76. The van der Waals surface area contributed by atoms with Crippen molar-refractivity contribution in [2.24, 2.45) is 0 Å². The fourth-order valence-electron chi connectivity index (χ4n) is 4.89. The van der Waals surface area contributed by atoms with E-state index in [2.05, 4.69) is 0 Å². The Labute approximate surface area is 146 Å². The Hall–Kier alpha value is -1.96. The molecule has 1 aromatic heterocycles. The highest BCUT2D eigenvalue weighted by Gasteiger charge is 2.82. The zero-order chi connectivity index (χ0) is 17.8. The van der Waals surface area contributed by atoms with Crippen molar-refractivity contribution in [2.45, 2.75) is 48.1 Å². The molecule has 4 atom stereocenters. The summed E-state index contributed by atoms with van der Waals surface area (Å²) in [7, 11) is -3.71. The Kier molecular flexibility index (Phi) is 2.59. The number of fused-ring (bicyclic) bond motifs is 5. The van der Waals surface area contributed by atoms with E-state index < -0.39 is 26.4 Å². The van der Waals surface area contributed by atoms with Crippen LogP contribution in [0.15, 0.2) is 47.5 Å². The minimum atomic E-state index is -3.71. The van der Waals surface area contributed by atoms with E-state index in [9.17, 15) is 13.6 Å². The number of rotatable bonds is 1. The topological polar surface area (TPSA) is 76.6 Å². The lowest BCUT2D eigenvalue weighted by atomic mass is 9.81. The van der Waals surface area contributed by atoms with Gasteiger partial charge in [0.2, 0.25) is 11.4 Å². The first-order valence-electron chi connectivity index (χ1n) is 8.25. The van der Waals surface area contributed by atoms with Crippen molar-refractivity contribution in [3.63, 3.8) is 0 Å². The highest BCUT2D eigenvalue weighted by Crippen LogP contribution is 2.70. The van der Waals surface area contributed by atoms with Crippen LogP contribution in [0.5, 0.6) is 0 Å². The van der Waals surface area contributed by atoms with Crippen molar-refractivity contribution >= 4 is 9.84 Å². The highest BCUT2D eigenvalue weighted by molar-refractivity contribution is 7.92. The average molecular weight is 358 g/mol. The van der Waals surface area contributed by atoms with Gasteiger partial charge in [0, 0.05) is 24.5 Å². The Morgan fingerprint density at radius 3 is 2.56 bits per heavy atom. The van der Waals surface area contributed by atoms with Gasteiger partial charge in [-0.3, -0.25) is 4.84 Å². The smallest absolute Gasteiger partial charge is 0.208 e. The van der Waals surface area contributed by atoms with Gasteiger partial charge in [-0.1, -0.05) is 30.3 Å². The molecule has 4 heterocycles. The van der Waals surface area contributed by atoms with Gasteiger partial charge in [-0.15, -0.1) is 5.06 Å². The van der Waals surface area contributed by atoms with Crippen LogP contribution in [0.2, 0.25) is 0 Å². The van der Waals surface area contributed by atoms with Gasteiger partial charge in [-0.2, -0.15) is 4.73 Å². The molecule has 130 valence electrons. The number of hydrogen-bond acceptors (Lipinski definition) is 5. The molecule has 2 saturated heterocycles. The first kappa shape index (κ1) is 15.3. The second-order valence-corrected chi connectivity index (χ2v) is 9.56. The summed E-state index contributed by atoms with van der Waals surface area (Å²) in [4.78, 5) is 6.14. The third-order valence-corrected chi connectivity index (χ3v) is 8.29. The van der Waals surface area contributed by atoms with Gasteiger partial charge in [-0.05, 0) is 19.4 Å². The van der Waals surface area contributed by atoms with E-state index in [1.807, 2.05) is 49.2 Å². The van der Waals surface area contributed by atoms with Gasteiger partial charge in [-0.25, -0.2) is 8.42 Å². The van der Waals surface area contributed by atoms with Crippen molar-refractivity contribution in [3.05, 3.63) is 64.6 Å². The molecule has 0 bridgehead atoms. The normalized spacial score (nSPS) is 35.7. The van der Waals surface area contributed by atoms with Crippen LogP contribution in [0.1, 0.15) is 36.6 Å². The van der Waals surface area contributed by atoms with Gasteiger partial charge in [0.15, 0.2) is 16.0 Å². The van der Waals surface area contributed by atoms with Gasteiger partial charge in [0.1, 0.15) is 10.1 Å². The molecular weight excluding hydrogens is 340 g/mol. The summed E-state index contributed by atoms with van der Waals surface area (Å²) in [5.41, 5.74) is 0.316. The summed E-state index contributed by atoms with van der Waals surface area (Å²) in [6, 6.07) is 11.1. The van der Waals surface area contributed by atoms with E-state index in [1.54, 1.807) is 13.0 Å². The number of pyridine rings is 1. The van der Waals surface area contributed by atoms with Crippen LogP contribution in [-0.2, 0) is 20.4 Å². The van der Waals surface area contributed by atoms with E-state index in [0.717, 1.165) is 11.1 Å². The first-order valence-corrected chi connectivity index (χ1v) is 9.80. The molecule has 3 aliphatic heterocycles. The van der Waals surface area contributed by atoms with Gasteiger partial charge >= 0.3 is 0 Å². The zero-order valence-corrected chi connectivity index (χ0v) is 14.9. The van der Waals surface area contributed by atoms with E-state index in [4.69, 9.17) is 4.84 Å². The van der Waals surface area contributed by atoms with E-state index in [-0.39, 0.29) is 16.5 Å². The summed E-state index contributed by atoms with van der Waals surface area (Å²) in [6.07, 6.45) is 1.40. The second-order valence-electron chi connectivity index (χ2n) is 7.56. The summed E-state index contributed by atoms with van der Waals surface area (Å²) >= 11 is 0. The Morgan fingerprint density at radius 1 is 1.20 bits per heavy atom. The maximum Gasteiger partial charge on any atom is 0.208 e. The van der Waals surface area contributed by atoms with Gasteiger partial charge in [0.05, 0.1) is 5.54 Å². The molecule has 0 N–H and O–H groups in total. The fourth-order valence-corrected chi connectivity index (χ4v) is 7.70. The lowest BCUT2D eigenvalue weighted by Gasteiger charge is -2.28. The van der Waals surface area contributed by atoms with Crippen LogP contribution in [0, 0.1) is 12.1 Å². The number of nitrogens with zero attached hydrogens (tertiary/aromatic N) is 2. The molecular formula is C18H18N2O4S. The average Bonchev–Trinajstić information content (AvgIpc) is 3.22. The molecule has 0 aliphatic carbocycles. The summed E-state index contributed by atoms with van der Waals surface area (Å²) < 4.78 is 27.6. The van der Waals surface area contributed by atoms with Crippen LogP contribution >= 0.6 is 0 Å². The standard InChI is InChI=1S/C18H18N2O4S/c1-11-15-13(9-10-19(11)21)14-16(25(15,22)23)18(12-7-5-4-6-8-12)20(24-18)17(14,2)3/h4-10,14,16H,1-3H3. The fraction of sp³-hybridized carbons (Fsp3) is 0.389. The number of hydroxylamine groups is 2. The van der Waals surface area contributed by atoms with Gasteiger partial charge < -0.3 is 5.21 Å². The molecule has 0 spiro atoms. The third kappa shape index (κ3) is 1.53. The second kappa shape index (κ2) is 4.23. The lowest BCUT2D eigenvalue weighted by molar-refractivity contribution is -0.614. The Balaban J connectivity index is 1.82. The van der Waals surface area contributed by atoms with Crippen molar-refractivity contribution in [1.29, 1.82) is 0 Å². The zero-order valence-electron chi connectivity index (χ0n) is 14.1. The summed E-state index contributed by atoms with van der Waals surface area (Å²) in [6.45, 7) is 5.57. The maximum absolute atomic E-state index is 13.5. The minimum Gasteiger partial charge on any atom is -0.618 e. The molecule has 5 rings (SSSR count). The minimum absolute atomic E-state index is 0.179. The van der Waals surface area contributed by atoms with E-state index >= 15 is 0 Å². The molecule has 0 saturated carbocycles. The molecule has 0 amide bonds. The van der Waals surface area contributed by atoms with Crippen LogP contribution in [0.3, 0.4) is 0 Å². The number of hydrogen-bond donors (Lipinski definition) is 0. The Morgan fingerprint density at radius 2 is 1.88 bits per heavy atom. The van der Waals surface area contributed by atoms with Crippen LogP contribution in [0.4, 0.5) is 0 Å². The van der Waals surface area contributed by atoms with Crippen molar-refractivity contribution in [1.82, 2.24) is 5.06 Å². The molecule has 0 radical (unpaired) electrons. The van der Waals surface area contributed by atoms with Gasteiger partial charge in [0.25, 0.3) is 0 Å². The predicted molar refractivity (Wildman–Crippen MR) is 89.0 cm³/mol.